The van der Waals surface area contributed by atoms with Crippen LogP contribution in [0.2, 0.25) is 0 Å². The van der Waals surface area contributed by atoms with E-state index >= 15 is 0 Å². The highest BCUT2D eigenvalue weighted by Gasteiger charge is 2.35. The lowest BCUT2D eigenvalue weighted by Crippen LogP contribution is -2.49. The maximum absolute atomic E-state index is 12.4. The van der Waals surface area contributed by atoms with Crippen LogP contribution in [0.5, 0.6) is 0 Å². The Balaban J connectivity index is 1.43. The zero-order valence-electron chi connectivity index (χ0n) is 13.4. The number of ether oxygens (including phenoxy) is 1. The molecule has 0 spiro atoms. The van der Waals surface area contributed by atoms with Gasteiger partial charge in [0, 0.05) is 20.1 Å². The van der Waals surface area contributed by atoms with Crippen LogP contribution in [0, 0.1) is 0 Å². The fourth-order valence-electron chi connectivity index (χ4n) is 3.05. The molecule has 0 radical (unpaired) electrons. The summed E-state index contributed by atoms with van der Waals surface area (Å²) in [6, 6.07) is 9.53. The van der Waals surface area contributed by atoms with Crippen LogP contribution in [-0.2, 0) is 16.1 Å². The van der Waals surface area contributed by atoms with Gasteiger partial charge >= 0.3 is 6.03 Å². The van der Waals surface area contributed by atoms with Gasteiger partial charge in [0.1, 0.15) is 6.04 Å². The summed E-state index contributed by atoms with van der Waals surface area (Å²) >= 11 is 0. The van der Waals surface area contributed by atoms with Crippen LogP contribution < -0.4 is 5.32 Å². The van der Waals surface area contributed by atoms with Crippen LogP contribution in [0.25, 0.3) is 0 Å². The van der Waals surface area contributed by atoms with E-state index in [1.807, 2.05) is 23.1 Å². The summed E-state index contributed by atoms with van der Waals surface area (Å²) in [7, 11) is 1.70. The van der Waals surface area contributed by atoms with Gasteiger partial charge in [-0.05, 0) is 18.4 Å². The number of carbonyl (C=O) groups is 2. The van der Waals surface area contributed by atoms with E-state index in [4.69, 9.17) is 4.74 Å². The van der Waals surface area contributed by atoms with E-state index in [-0.39, 0.29) is 18.0 Å². The number of rotatable bonds is 4. The average molecular weight is 317 g/mol. The zero-order valence-corrected chi connectivity index (χ0v) is 13.4. The minimum atomic E-state index is -0.408. The monoisotopic (exact) mass is 317 g/mol. The first-order valence-corrected chi connectivity index (χ1v) is 8.09. The number of piperidine rings is 1. The van der Waals surface area contributed by atoms with Crippen molar-refractivity contribution in [1.82, 2.24) is 15.1 Å². The molecule has 3 amide bonds. The molecule has 1 aromatic carbocycles. The van der Waals surface area contributed by atoms with Gasteiger partial charge in [-0.1, -0.05) is 30.3 Å². The van der Waals surface area contributed by atoms with Gasteiger partial charge in [-0.2, -0.15) is 0 Å². The van der Waals surface area contributed by atoms with E-state index < -0.39 is 6.04 Å². The molecule has 1 aromatic rings. The van der Waals surface area contributed by atoms with Gasteiger partial charge in [-0.15, -0.1) is 0 Å². The number of amides is 3. The van der Waals surface area contributed by atoms with Crippen molar-refractivity contribution in [3.8, 4) is 0 Å². The number of hydrogen-bond donors (Lipinski definition) is 1. The minimum Gasteiger partial charge on any atom is -0.373 e. The van der Waals surface area contributed by atoms with Crippen molar-refractivity contribution in [3.63, 3.8) is 0 Å². The molecule has 2 fully saturated rings. The van der Waals surface area contributed by atoms with E-state index in [2.05, 4.69) is 17.4 Å². The molecule has 0 aliphatic carbocycles. The molecule has 2 aliphatic rings. The third-order valence-electron chi connectivity index (χ3n) is 4.48. The van der Waals surface area contributed by atoms with Crippen LogP contribution in [0.4, 0.5) is 4.79 Å². The molecule has 124 valence electrons. The molecule has 0 aromatic heterocycles. The van der Waals surface area contributed by atoms with Crippen LogP contribution in [0.1, 0.15) is 18.4 Å². The highest BCUT2D eigenvalue weighted by molar-refractivity contribution is 5.90. The summed E-state index contributed by atoms with van der Waals surface area (Å²) in [5.41, 5.74) is 1.17. The molecule has 1 atom stereocenters. The Morgan fingerprint density at radius 1 is 1.26 bits per heavy atom. The SMILES string of the molecule is CN1CC(C(=O)N2CCC(OCc3ccccc3)CC2)NC1=O. The predicted octanol–water partition coefficient (Wildman–Crippen LogP) is 1.22. The predicted molar refractivity (Wildman–Crippen MR) is 85.8 cm³/mol. The number of nitrogens with one attached hydrogen (secondary N) is 1. The van der Waals surface area contributed by atoms with Gasteiger partial charge < -0.3 is 19.9 Å². The number of hydrogen-bond acceptors (Lipinski definition) is 3. The average Bonchev–Trinajstić information content (AvgIpc) is 2.93. The van der Waals surface area contributed by atoms with E-state index in [1.165, 1.54) is 10.5 Å². The topological polar surface area (TPSA) is 61.9 Å². The second-order valence-electron chi connectivity index (χ2n) is 6.20. The Morgan fingerprint density at radius 2 is 1.96 bits per heavy atom. The third-order valence-corrected chi connectivity index (χ3v) is 4.48. The van der Waals surface area contributed by atoms with Crippen molar-refractivity contribution in [2.75, 3.05) is 26.7 Å². The second-order valence-corrected chi connectivity index (χ2v) is 6.20. The largest absolute Gasteiger partial charge is 0.373 e. The highest BCUT2D eigenvalue weighted by atomic mass is 16.5. The van der Waals surface area contributed by atoms with Crippen molar-refractivity contribution < 1.29 is 14.3 Å². The van der Waals surface area contributed by atoms with E-state index in [9.17, 15) is 9.59 Å². The second kappa shape index (κ2) is 7.00. The number of likely N-dealkylation sites (N-methyl/N-ethyl adjacent to an activating group) is 1. The zero-order chi connectivity index (χ0) is 16.2. The Hall–Kier alpha value is -2.08. The van der Waals surface area contributed by atoms with E-state index in [0.717, 1.165) is 12.8 Å². The van der Waals surface area contributed by atoms with Crippen molar-refractivity contribution in [1.29, 1.82) is 0 Å². The van der Waals surface area contributed by atoms with Crippen LogP contribution in [0.3, 0.4) is 0 Å². The standard InChI is InChI=1S/C17H23N3O3/c1-19-11-15(18-17(19)22)16(21)20-9-7-14(8-10-20)23-12-13-5-3-2-4-6-13/h2-6,14-15H,7-12H2,1H3,(H,18,22). The first-order chi connectivity index (χ1) is 11.1. The maximum Gasteiger partial charge on any atom is 0.317 e. The number of likely N-dealkylation sites (tertiary alicyclic amines) is 1. The molecule has 0 bridgehead atoms. The van der Waals surface area contributed by atoms with Gasteiger partial charge in [-0.3, -0.25) is 4.79 Å². The van der Waals surface area contributed by atoms with Gasteiger partial charge in [0.25, 0.3) is 0 Å². The quantitative estimate of drug-likeness (QED) is 0.908. The molecule has 6 nitrogen and oxygen atoms in total. The van der Waals surface area contributed by atoms with Gasteiger partial charge in [0.05, 0.1) is 19.3 Å². The lowest BCUT2D eigenvalue weighted by molar-refractivity contribution is -0.135. The molecule has 2 heterocycles. The minimum absolute atomic E-state index is 0.0178. The summed E-state index contributed by atoms with van der Waals surface area (Å²) in [6.45, 7) is 2.44. The maximum atomic E-state index is 12.4. The number of nitrogens with zero attached hydrogens (tertiary/aromatic N) is 2. The Labute approximate surface area is 136 Å². The lowest BCUT2D eigenvalue weighted by Gasteiger charge is -2.33. The number of carbonyl (C=O) groups excluding carboxylic acids is 2. The molecule has 2 aliphatic heterocycles. The lowest BCUT2D eigenvalue weighted by atomic mass is 10.1. The van der Waals surface area contributed by atoms with Crippen molar-refractivity contribution in [3.05, 3.63) is 35.9 Å². The Bertz CT molecular complexity index is 555. The summed E-state index contributed by atoms with van der Waals surface area (Å²) in [6.07, 6.45) is 1.88. The Kier molecular flexibility index (Phi) is 4.81. The van der Waals surface area contributed by atoms with E-state index in [0.29, 0.717) is 26.2 Å². The van der Waals surface area contributed by atoms with Crippen molar-refractivity contribution in [2.45, 2.75) is 31.6 Å². The first kappa shape index (κ1) is 15.8. The summed E-state index contributed by atoms with van der Waals surface area (Å²) in [4.78, 5) is 27.3. The molecule has 1 N–H and O–H groups in total. The summed E-state index contributed by atoms with van der Waals surface area (Å²) < 4.78 is 5.94. The highest BCUT2D eigenvalue weighted by Crippen LogP contribution is 2.17. The van der Waals surface area contributed by atoms with Crippen LogP contribution in [-0.4, -0.2) is 60.6 Å². The smallest absolute Gasteiger partial charge is 0.317 e. The number of urea groups is 1. The molecule has 1 unspecified atom stereocenters. The fourth-order valence-corrected chi connectivity index (χ4v) is 3.05. The molecule has 23 heavy (non-hydrogen) atoms. The van der Waals surface area contributed by atoms with Crippen LogP contribution >= 0.6 is 0 Å². The summed E-state index contributed by atoms with van der Waals surface area (Å²) in [5, 5.41) is 2.72. The molecule has 6 heteroatoms. The molecule has 3 rings (SSSR count). The third kappa shape index (κ3) is 3.82. The van der Waals surface area contributed by atoms with Gasteiger partial charge in [0.2, 0.25) is 5.91 Å². The van der Waals surface area contributed by atoms with Gasteiger partial charge in [-0.25, -0.2) is 4.79 Å². The fraction of sp³-hybridized carbons (Fsp3) is 0.529. The van der Waals surface area contributed by atoms with Crippen molar-refractivity contribution in [2.24, 2.45) is 0 Å². The first-order valence-electron chi connectivity index (χ1n) is 8.09. The molecule has 2 saturated heterocycles. The summed E-state index contributed by atoms with van der Waals surface area (Å²) in [5.74, 6) is 0.0178. The molecular weight excluding hydrogens is 294 g/mol. The normalized spacial score (nSPS) is 22.3. The number of benzene rings is 1. The van der Waals surface area contributed by atoms with Crippen LogP contribution in [0.15, 0.2) is 30.3 Å². The van der Waals surface area contributed by atoms with Crippen molar-refractivity contribution >= 4 is 11.9 Å². The van der Waals surface area contributed by atoms with E-state index in [1.54, 1.807) is 7.05 Å². The van der Waals surface area contributed by atoms with Gasteiger partial charge in [0.15, 0.2) is 0 Å². The molecule has 0 saturated carbocycles. The molecular formula is C17H23N3O3. The Morgan fingerprint density at radius 3 is 2.57 bits per heavy atom.